The van der Waals surface area contributed by atoms with Crippen molar-refractivity contribution >= 4 is 39.7 Å². The zero-order valence-corrected chi connectivity index (χ0v) is 16.5. The molecule has 3 N–H and O–H groups in total. The van der Waals surface area contributed by atoms with Gasteiger partial charge in [0.1, 0.15) is 0 Å². The van der Waals surface area contributed by atoms with E-state index in [4.69, 9.17) is 5.73 Å². The van der Waals surface area contributed by atoms with Crippen LogP contribution in [0, 0.1) is 13.8 Å². The summed E-state index contributed by atoms with van der Waals surface area (Å²) < 4.78 is 27.6. The van der Waals surface area contributed by atoms with Gasteiger partial charge in [-0.25, -0.2) is 8.42 Å². The molecule has 9 heteroatoms. The average Bonchev–Trinajstić information content (AvgIpc) is 2.85. The molecule has 1 aliphatic rings. The summed E-state index contributed by atoms with van der Waals surface area (Å²) in [4.78, 5) is 13.8. The van der Waals surface area contributed by atoms with E-state index < -0.39 is 10.0 Å². The van der Waals surface area contributed by atoms with E-state index >= 15 is 0 Å². The molecule has 1 aliphatic heterocycles. The second kappa shape index (κ2) is 9.15. The van der Waals surface area contributed by atoms with Crippen LogP contribution in [0.25, 0.3) is 0 Å². The van der Waals surface area contributed by atoms with Crippen LogP contribution in [0.2, 0.25) is 0 Å². The quantitative estimate of drug-likeness (QED) is 0.768. The Labute approximate surface area is 154 Å². The van der Waals surface area contributed by atoms with E-state index in [0.29, 0.717) is 24.5 Å². The van der Waals surface area contributed by atoms with E-state index in [1.54, 1.807) is 10.4 Å². The maximum Gasteiger partial charge on any atom is 0.244 e. The van der Waals surface area contributed by atoms with Crippen LogP contribution in [-0.2, 0) is 14.8 Å². The number of sulfonamides is 1. The minimum Gasteiger partial charge on any atom is -0.354 e. The molecule has 0 aromatic carbocycles. The van der Waals surface area contributed by atoms with E-state index in [1.807, 2.05) is 13.8 Å². The Morgan fingerprint density at radius 2 is 2.12 bits per heavy atom. The number of rotatable bonds is 6. The van der Waals surface area contributed by atoms with Gasteiger partial charge in [0.2, 0.25) is 15.9 Å². The van der Waals surface area contributed by atoms with Crippen molar-refractivity contribution in [3.05, 3.63) is 15.8 Å². The monoisotopic (exact) mass is 395 g/mol. The van der Waals surface area contributed by atoms with E-state index in [1.165, 1.54) is 11.3 Å². The summed E-state index contributed by atoms with van der Waals surface area (Å²) in [5, 5.41) is 2.80. The van der Waals surface area contributed by atoms with E-state index in [2.05, 4.69) is 5.32 Å². The van der Waals surface area contributed by atoms with Gasteiger partial charge in [-0.2, -0.15) is 4.31 Å². The zero-order valence-electron chi connectivity index (χ0n) is 14.1. The SMILES string of the molecule is Cc1cc(S(=O)(=O)N2CCCCC2CNC(=O)CCN)c(C)s1.Cl. The second-order valence-corrected chi connectivity index (χ2v) is 9.21. The lowest BCUT2D eigenvalue weighted by Crippen LogP contribution is -2.49. The molecule has 6 nitrogen and oxygen atoms in total. The van der Waals surface area contributed by atoms with Gasteiger partial charge >= 0.3 is 0 Å². The highest BCUT2D eigenvalue weighted by Gasteiger charge is 2.35. The summed E-state index contributed by atoms with van der Waals surface area (Å²) >= 11 is 1.50. The number of piperidine rings is 1. The first-order valence-electron chi connectivity index (χ1n) is 7.92. The van der Waals surface area contributed by atoms with Gasteiger partial charge in [-0.05, 0) is 32.8 Å². The number of hydrogen-bond donors (Lipinski definition) is 2. The molecule has 1 fully saturated rings. The fraction of sp³-hybridized carbons (Fsp3) is 0.667. The standard InChI is InChI=1S/C15H25N3O3S2.ClH/c1-11-9-14(12(2)22-11)23(20,21)18-8-4-3-5-13(18)10-17-15(19)6-7-16;/h9,13H,3-8,10,16H2,1-2H3,(H,17,19);1H. The molecule has 1 aromatic heterocycles. The lowest BCUT2D eigenvalue weighted by Gasteiger charge is -2.34. The predicted molar refractivity (Wildman–Crippen MR) is 99.3 cm³/mol. The first-order valence-corrected chi connectivity index (χ1v) is 10.2. The summed E-state index contributed by atoms with van der Waals surface area (Å²) in [6.07, 6.45) is 2.87. The van der Waals surface area contributed by atoms with Crippen LogP contribution in [0.4, 0.5) is 0 Å². The van der Waals surface area contributed by atoms with Crippen LogP contribution in [0.15, 0.2) is 11.0 Å². The Hall–Kier alpha value is -0.670. The van der Waals surface area contributed by atoms with Gasteiger partial charge in [-0.1, -0.05) is 6.42 Å². The van der Waals surface area contributed by atoms with Crippen molar-refractivity contribution in [3.63, 3.8) is 0 Å². The highest BCUT2D eigenvalue weighted by molar-refractivity contribution is 7.89. The third kappa shape index (κ3) is 4.92. The van der Waals surface area contributed by atoms with Crippen LogP contribution < -0.4 is 11.1 Å². The first kappa shape index (κ1) is 21.4. The van der Waals surface area contributed by atoms with Gasteiger partial charge in [0.25, 0.3) is 0 Å². The molecule has 2 heterocycles. The summed E-state index contributed by atoms with van der Waals surface area (Å²) in [5.41, 5.74) is 5.36. The van der Waals surface area contributed by atoms with Crippen molar-refractivity contribution in [1.29, 1.82) is 0 Å². The molecule has 0 spiro atoms. The van der Waals surface area contributed by atoms with Gasteiger partial charge in [0.15, 0.2) is 0 Å². The second-order valence-electron chi connectivity index (χ2n) is 5.89. The van der Waals surface area contributed by atoms with E-state index in [9.17, 15) is 13.2 Å². The summed E-state index contributed by atoms with van der Waals surface area (Å²) in [5.74, 6) is -0.127. The molecule has 1 aromatic rings. The Kier molecular flexibility index (Phi) is 8.14. The molecule has 0 saturated carbocycles. The third-order valence-electron chi connectivity index (χ3n) is 4.06. The van der Waals surface area contributed by atoms with Crippen LogP contribution >= 0.6 is 23.7 Å². The van der Waals surface area contributed by atoms with Crippen molar-refractivity contribution in [2.45, 2.75) is 50.5 Å². The van der Waals surface area contributed by atoms with E-state index in [0.717, 1.165) is 29.0 Å². The minimum atomic E-state index is -3.51. The minimum absolute atomic E-state index is 0. The Balaban J connectivity index is 0.00000288. The highest BCUT2D eigenvalue weighted by Crippen LogP contribution is 2.31. The van der Waals surface area contributed by atoms with Gasteiger partial charge < -0.3 is 11.1 Å². The Morgan fingerprint density at radius 1 is 1.42 bits per heavy atom. The highest BCUT2D eigenvalue weighted by atomic mass is 35.5. The molecule has 1 amide bonds. The van der Waals surface area contributed by atoms with Crippen molar-refractivity contribution in [2.24, 2.45) is 5.73 Å². The normalized spacial score (nSPS) is 18.9. The molecule has 1 saturated heterocycles. The van der Waals surface area contributed by atoms with Crippen LogP contribution in [0.1, 0.15) is 35.4 Å². The lowest BCUT2D eigenvalue weighted by molar-refractivity contribution is -0.121. The van der Waals surface area contributed by atoms with Gasteiger partial charge in [0, 0.05) is 41.9 Å². The van der Waals surface area contributed by atoms with Gasteiger partial charge in [-0.3, -0.25) is 4.79 Å². The average molecular weight is 396 g/mol. The van der Waals surface area contributed by atoms with Gasteiger partial charge in [0.05, 0.1) is 4.90 Å². The van der Waals surface area contributed by atoms with Crippen molar-refractivity contribution in [2.75, 3.05) is 19.6 Å². The number of halogens is 1. The summed E-state index contributed by atoms with van der Waals surface area (Å²) in [6.45, 7) is 4.91. The topological polar surface area (TPSA) is 92.5 Å². The molecule has 138 valence electrons. The number of hydrogen-bond acceptors (Lipinski definition) is 5. The van der Waals surface area contributed by atoms with E-state index in [-0.39, 0.29) is 30.8 Å². The number of amides is 1. The van der Waals surface area contributed by atoms with Crippen LogP contribution in [0.3, 0.4) is 0 Å². The number of carbonyl (C=O) groups excluding carboxylic acids is 1. The van der Waals surface area contributed by atoms with Crippen molar-refractivity contribution in [3.8, 4) is 0 Å². The molecule has 1 atom stereocenters. The molecular weight excluding hydrogens is 370 g/mol. The summed E-state index contributed by atoms with van der Waals surface area (Å²) in [6, 6.07) is 1.56. The molecule has 0 bridgehead atoms. The third-order valence-corrected chi connectivity index (χ3v) is 7.23. The molecule has 0 radical (unpaired) electrons. The molecule has 2 rings (SSSR count). The number of aryl methyl sites for hydroxylation is 2. The number of nitrogens with one attached hydrogen (secondary N) is 1. The lowest BCUT2D eigenvalue weighted by atomic mass is 10.1. The molecular formula is C15H26ClN3O3S2. The summed E-state index contributed by atoms with van der Waals surface area (Å²) in [7, 11) is -3.51. The number of nitrogens with two attached hydrogens (primary N) is 1. The molecule has 24 heavy (non-hydrogen) atoms. The number of thiophene rings is 1. The van der Waals surface area contributed by atoms with Gasteiger partial charge in [-0.15, -0.1) is 23.7 Å². The maximum absolute atomic E-state index is 13.0. The van der Waals surface area contributed by atoms with Crippen molar-refractivity contribution in [1.82, 2.24) is 9.62 Å². The number of nitrogens with zero attached hydrogens (tertiary/aromatic N) is 1. The van der Waals surface area contributed by atoms with Crippen molar-refractivity contribution < 1.29 is 13.2 Å². The van der Waals surface area contributed by atoms with Crippen LogP contribution in [0.5, 0.6) is 0 Å². The largest absolute Gasteiger partial charge is 0.354 e. The molecule has 0 aliphatic carbocycles. The fourth-order valence-corrected chi connectivity index (χ4v) is 6.15. The van der Waals surface area contributed by atoms with Crippen LogP contribution in [-0.4, -0.2) is 44.3 Å². The fourth-order valence-electron chi connectivity index (χ4n) is 2.94. The number of carbonyl (C=O) groups is 1. The smallest absolute Gasteiger partial charge is 0.244 e. The Bertz CT molecular complexity index is 661. The maximum atomic E-state index is 13.0. The molecule has 1 unspecified atom stereocenters. The predicted octanol–water partition coefficient (Wildman–Crippen LogP) is 1.79. The first-order chi connectivity index (χ1) is 10.9. The Morgan fingerprint density at radius 3 is 2.71 bits per heavy atom. The zero-order chi connectivity index (χ0) is 17.0.